The first-order chi connectivity index (χ1) is 11.1. The highest BCUT2D eigenvalue weighted by Crippen LogP contribution is 2.31. The van der Waals surface area contributed by atoms with E-state index in [1.54, 1.807) is 0 Å². The Kier molecular flexibility index (Phi) is 4.51. The number of para-hydroxylation sites is 1. The maximum Gasteiger partial charge on any atom is 0.258 e. The van der Waals surface area contributed by atoms with Crippen LogP contribution >= 0.6 is 0 Å². The lowest BCUT2D eigenvalue weighted by molar-refractivity contribution is -0.124. The molecule has 2 aromatic rings. The zero-order valence-corrected chi connectivity index (χ0v) is 13.5. The molecule has 1 aliphatic heterocycles. The van der Waals surface area contributed by atoms with E-state index in [-0.39, 0.29) is 18.6 Å². The molecule has 0 saturated heterocycles. The van der Waals surface area contributed by atoms with Gasteiger partial charge >= 0.3 is 0 Å². The molecule has 120 valence electrons. The molecule has 4 nitrogen and oxygen atoms in total. The van der Waals surface area contributed by atoms with E-state index in [1.165, 1.54) is 5.56 Å². The molecule has 1 atom stereocenters. The Bertz CT molecular complexity index is 712. The van der Waals surface area contributed by atoms with Crippen molar-refractivity contribution in [2.24, 2.45) is 0 Å². The summed E-state index contributed by atoms with van der Waals surface area (Å²) < 4.78 is 11.2. The van der Waals surface area contributed by atoms with Crippen molar-refractivity contribution in [3.63, 3.8) is 0 Å². The first-order valence-corrected chi connectivity index (χ1v) is 7.84. The van der Waals surface area contributed by atoms with Crippen molar-refractivity contribution >= 4 is 5.91 Å². The van der Waals surface area contributed by atoms with Gasteiger partial charge in [-0.3, -0.25) is 4.79 Å². The third-order valence-electron chi connectivity index (χ3n) is 4.14. The number of amides is 1. The van der Waals surface area contributed by atoms with Gasteiger partial charge in [0.15, 0.2) is 6.61 Å². The monoisotopic (exact) mass is 311 g/mol. The second kappa shape index (κ2) is 6.73. The highest BCUT2D eigenvalue weighted by molar-refractivity contribution is 5.78. The molecule has 2 aromatic carbocycles. The number of rotatable bonds is 4. The lowest BCUT2D eigenvalue weighted by atomic mass is 10.0. The van der Waals surface area contributed by atoms with Crippen LogP contribution in [-0.4, -0.2) is 19.1 Å². The van der Waals surface area contributed by atoms with Crippen LogP contribution in [0.15, 0.2) is 42.5 Å². The van der Waals surface area contributed by atoms with Gasteiger partial charge in [0.05, 0.1) is 12.6 Å². The van der Waals surface area contributed by atoms with Crippen LogP contribution in [0.25, 0.3) is 0 Å². The van der Waals surface area contributed by atoms with Gasteiger partial charge in [-0.15, -0.1) is 0 Å². The Balaban J connectivity index is 1.59. The zero-order chi connectivity index (χ0) is 16.2. The molecule has 0 unspecified atom stereocenters. The molecular formula is C19H21NO3. The summed E-state index contributed by atoms with van der Waals surface area (Å²) in [6, 6.07) is 13.6. The third kappa shape index (κ3) is 3.65. The average molecular weight is 311 g/mol. The third-order valence-corrected chi connectivity index (χ3v) is 4.14. The molecule has 1 heterocycles. The van der Waals surface area contributed by atoms with Crippen molar-refractivity contribution in [2.45, 2.75) is 26.3 Å². The van der Waals surface area contributed by atoms with E-state index in [2.05, 4.69) is 12.2 Å². The predicted octanol–water partition coefficient (Wildman–Crippen LogP) is 3.32. The van der Waals surface area contributed by atoms with Gasteiger partial charge in [-0.05, 0) is 43.2 Å². The number of carbonyl (C=O) groups excluding carboxylic acids is 1. The zero-order valence-electron chi connectivity index (χ0n) is 13.5. The van der Waals surface area contributed by atoms with Gasteiger partial charge in [-0.2, -0.15) is 0 Å². The van der Waals surface area contributed by atoms with E-state index in [0.29, 0.717) is 6.61 Å². The second-order valence-corrected chi connectivity index (χ2v) is 5.83. The van der Waals surface area contributed by atoms with Gasteiger partial charge in [-0.25, -0.2) is 0 Å². The number of nitrogens with one attached hydrogen (secondary N) is 1. The van der Waals surface area contributed by atoms with Crippen LogP contribution in [0.3, 0.4) is 0 Å². The molecule has 0 radical (unpaired) electrons. The fraction of sp³-hybridized carbons (Fsp3) is 0.316. The Morgan fingerprint density at radius 3 is 2.87 bits per heavy atom. The molecule has 0 saturated carbocycles. The highest BCUT2D eigenvalue weighted by atomic mass is 16.5. The molecule has 23 heavy (non-hydrogen) atoms. The normalized spacial score (nSPS) is 16.2. The number of fused-ring (bicyclic) bond motifs is 1. The van der Waals surface area contributed by atoms with Gasteiger partial charge in [-0.1, -0.05) is 24.3 Å². The van der Waals surface area contributed by atoms with E-state index in [9.17, 15) is 4.79 Å². The number of hydrogen-bond acceptors (Lipinski definition) is 3. The standard InChI is InChI=1S/C19H21NO3/c1-13-7-8-15(11-14(13)2)23-12-19(21)20-17-9-10-22-18-6-4-3-5-16(17)18/h3-8,11,17H,9-10,12H2,1-2H3,(H,20,21)/t17-/m1/s1. The number of ether oxygens (including phenoxy) is 2. The summed E-state index contributed by atoms with van der Waals surface area (Å²) in [6.45, 7) is 4.71. The molecule has 0 fully saturated rings. The minimum atomic E-state index is -0.120. The average Bonchev–Trinajstić information content (AvgIpc) is 2.56. The smallest absolute Gasteiger partial charge is 0.258 e. The Morgan fingerprint density at radius 1 is 1.22 bits per heavy atom. The highest BCUT2D eigenvalue weighted by Gasteiger charge is 2.22. The summed E-state index contributed by atoms with van der Waals surface area (Å²) in [5.41, 5.74) is 3.39. The SMILES string of the molecule is Cc1ccc(OCC(=O)N[C@@H]2CCOc3ccccc32)cc1C. The van der Waals surface area contributed by atoms with Crippen molar-refractivity contribution < 1.29 is 14.3 Å². The first kappa shape index (κ1) is 15.4. The summed E-state index contributed by atoms with van der Waals surface area (Å²) in [7, 11) is 0. The molecule has 0 aromatic heterocycles. The molecule has 0 spiro atoms. The molecule has 4 heteroatoms. The topological polar surface area (TPSA) is 47.6 Å². The number of carbonyl (C=O) groups is 1. The minimum Gasteiger partial charge on any atom is -0.493 e. The summed E-state index contributed by atoms with van der Waals surface area (Å²) in [6.07, 6.45) is 0.770. The fourth-order valence-corrected chi connectivity index (χ4v) is 2.68. The quantitative estimate of drug-likeness (QED) is 0.942. The lowest BCUT2D eigenvalue weighted by Gasteiger charge is -2.26. The largest absolute Gasteiger partial charge is 0.493 e. The number of hydrogen-bond donors (Lipinski definition) is 1. The van der Waals surface area contributed by atoms with E-state index in [1.807, 2.05) is 49.4 Å². The van der Waals surface area contributed by atoms with E-state index in [0.717, 1.165) is 29.0 Å². The van der Waals surface area contributed by atoms with Gasteiger partial charge < -0.3 is 14.8 Å². The molecule has 0 aliphatic carbocycles. The van der Waals surface area contributed by atoms with Crippen LogP contribution in [0.1, 0.15) is 29.2 Å². The molecule has 1 amide bonds. The number of benzene rings is 2. The predicted molar refractivity (Wildman–Crippen MR) is 88.8 cm³/mol. The van der Waals surface area contributed by atoms with Crippen LogP contribution in [0.5, 0.6) is 11.5 Å². The van der Waals surface area contributed by atoms with Gasteiger partial charge in [0.2, 0.25) is 0 Å². The van der Waals surface area contributed by atoms with E-state index < -0.39 is 0 Å². The van der Waals surface area contributed by atoms with Crippen molar-refractivity contribution in [2.75, 3.05) is 13.2 Å². The van der Waals surface area contributed by atoms with Crippen molar-refractivity contribution in [1.82, 2.24) is 5.32 Å². The maximum absolute atomic E-state index is 12.2. The summed E-state index contributed by atoms with van der Waals surface area (Å²) >= 11 is 0. The van der Waals surface area contributed by atoms with Crippen LogP contribution in [0.2, 0.25) is 0 Å². The van der Waals surface area contributed by atoms with Crippen LogP contribution < -0.4 is 14.8 Å². The molecule has 1 N–H and O–H groups in total. The second-order valence-electron chi connectivity index (χ2n) is 5.83. The lowest BCUT2D eigenvalue weighted by Crippen LogP contribution is -2.35. The van der Waals surface area contributed by atoms with Crippen LogP contribution in [-0.2, 0) is 4.79 Å². The van der Waals surface area contributed by atoms with Crippen LogP contribution in [0, 0.1) is 13.8 Å². The van der Waals surface area contributed by atoms with Crippen molar-refractivity contribution in [1.29, 1.82) is 0 Å². The fourth-order valence-electron chi connectivity index (χ4n) is 2.68. The maximum atomic E-state index is 12.2. The summed E-state index contributed by atoms with van der Waals surface area (Å²) in [5.74, 6) is 1.44. The molecule has 3 rings (SSSR count). The Hall–Kier alpha value is -2.49. The van der Waals surface area contributed by atoms with E-state index in [4.69, 9.17) is 9.47 Å². The summed E-state index contributed by atoms with van der Waals surface area (Å²) in [5, 5.41) is 3.03. The number of aryl methyl sites for hydroxylation is 2. The Labute approximate surface area is 136 Å². The Morgan fingerprint density at radius 2 is 2.04 bits per heavy atom. The van der Waals surface area contributed by atoms with E-state index >= 15 is 0 Å². The van der Waals surface area contributed by atoms with Gasteiger partial charge in [0, 0.05) is 12.0 Å². The molecule has 1 aliphatic rings. The van der Waals surface area contributed by atoms with Crippen molar-refractivity contribution in [3.05, 3.63) is 59.2 Å². The molecule has 0 bridgehead atoms. The minimum absolute atomic E-state index is 0.0159. The van der Waals surface area contributed by atoms with Gasteiger partial charge in [0.25, 0.3) is 5.91 Å². The molecular weight excluding hydrogens is 290 g/mol. The van der Waals surface area contributed by atoms with Crippen LogP contribution in [0.4, 0.5) is 0 Å². The summed E-state index contributed by atoms with van der Waals surface area (Å²) in [4.78, 5) is 12.2. The van der Waals surface area contributed by atoms with Gasteiger partial charge in [0.1, 0.15) is 11.5 Å². The first-order valence-electron chi connectivity index (χ1n) is 7.84. The van der Waals surface area contributed by atoms with Crippen molar-refractivity contribution in [3.8, 4) is 11.5 Å².